The fourth-order valence-electron chi connectivity index (χ4n) is 2.85. The Balaban J connectivity index is 1.78. The first-order chi connectivity index (χ1) is 11.6. The van der Waals surface area contributed by atoms with Gasteiger partial charge in [-0.2, -0.15) is 5.26 Å². The summed E-state index contributed by atoms with van der Waals surface area (Å²) in [6, 6.07) is 12.6. The van der Waals surface area contributed by atoms with Gasteiger partial charge in [-0.05, 0) is 24.5 Å². The number of nitrogens with one attached hydrogen (secondary N) is 1. The smallest absolute Gasteiger partial charge is 0.242 e. The number of alkyl halides is 1. The molecule has 1 amide bonds. The molecule has 2 heterocycles. The molecule has 0 aliphatic carbocycles. The molecule has 1 N–H and O–H groups in total. The van der Waals surface area contributed by atoms with Crippen molar-refractivity contribution in [3.05, 3.63) is 51.9 Å². The molecule has 124 valence electrons. The van der Waals surface area contributed by atoms with Crippen LogP contribution in [0.5, 0.6) is 0 Å². The zero-order valence-electron chi connectivity index (χ0n) is 13.4. The summed E-state index contributed by atoms with van der Waals surface area (Å²) < 4.78 is 0. The van der Waals surface area contributed by atoms with Crippen LogP contribution >= 0.6 is 22.9 Å². The Kier molecular flexibility index (Phi) is 5.20. The molecular formula is C18H18ClN3OS. The van der Waals surface area contributed by atoms with Crippen LogP contribution in [-0.2, 0) is 24.3 Å². The number of thiophene rings is 1. The molecule has 1 aliphatic rings. The molecule has 0 saturated heterocycles. The molecule has 1 atom stereocenters. The van der Waals surface area contributed by atoms with Crippen molar-refractivity contribution in [1.82, 2.24) is 4.90 Å². The summed E-state index contributed by atoms with van der Waals surface area (Å²) >= 11 is 7.31. The molecule has 0 unspecified atom stereocenters. The Bertz CT molecular complexity index is 780. The number of hydrogen-bond donors (Lipinski definition) is 1. The number of nitriles is 1. The van der Waals surface area contributed by atoms with Gasteiger partial charge in [0.25, 0.3) is 0 Å². The van der Waals surface area contributed by atoms with Crippen molar-refractivity contribution in [3.8, 4) is 6.07 Å². The van der Waals surface area contributed by atoms with Crippen LogP contribution in [0, 0.1) is 11.3 Å². The number of hydrogen-bond acceptors (Lipinski definition) is 4. The van der Waals surface area contributed by atoms with Gasteiger partial charge in [-0.3, -0.25) is 9.69 Å². The monoisotopic (exact) mass is 359 g/mol. The Morgan fingerprint density at radius 3 is 2.88 bits per heavy atom. The Labute approximate surface area is 150 Å². The van der Waals surface area contributed by atoms with Crippen LogP contribution in [0.1, 0.15) is 28.5 Å². The van der Waals surface area contributed by atoms with Crippen molar-refractivity contribution in [3.63, 3.8) is 0 Å². The number of fused-ring (bicyclic) bond motifs is 1. The standard InChI is InChI=1S/C18H18ClN3OS/c1-12(19)17(23)21-18-15(9-20)14-7-8-22(11-16(14)24-18)10-13-5-3-2-4-6-13/h2-6,12H,7-8,10-11H2,1H3,(H,21,23)/t12-/m0/s1. The third-order valence-electron chi connectivity index (χ3n) is 4.09. The van der Waals surface area contributed by atoms with Crippen molar-refractivity contribution < 1.29 is 4.79 Å². The molecule has 1 aromatic heterocycles. The average molecular weight is 360 g/mol. The van der Waals surface area contributed by atoms with Gasteiger partial charge in [0, 0.05) is 24.5 Å². The molecule has 2 aromatic rings. The first-order valence-corrected chi connectivity index (χ1v) is 9.09. The van der Waals surface area contributed by atoms with Crippen LogP contribution in [0.25, 0.3) is 0 Å². The second-order valence-electron chi connectivity index (χ2n) is 5.87. The van der Waals surface area contributed by atoms with Gasteiger partial charge < -0.3 is 5.32 Å². The van der Waals surface area contributed by atoms with E-state index >= 15 is 0 Å². The van der Waals surface area contributed by atoms with Crippen molar-refractivity contribution >= 4 is 33.8 Å². The Morgan fingerprint density at radius 1 is 1.46 bits per heavy atom. The minimum Gasteiger partial charge on any atom is -0.315 e. The van der Waals surface area contributed by atoms with Gasteiger partial charge in [-0.25, -0.2) is 0 Å². The maximum Gasteiger partial charge on any atom is 0.242 e. The normalized spacial score (nSPS) is 15.4. The number of carbonyl (C=O) groups excluding carboxylic acids is 1. The second kappa shape index (κ2) is 7.35. The van der Waals surface area contributed by atoms with Crippen LogP contribution in [-0.4, -0.2) is 22.7 Å². The number of rotatable bonds is 4. The molecule has 1 aliphatic heterocycles. The number of amides is 1. The minimum absolute atomic E-state index is 0.270. The molecule has 0 bridgehead atoms. The number of halogens is 1. The molecule has 0 saturated carbocycles. The fraction of sp³-hybridized carbons (Fsp3) is 0.333. The lowest BCUT2D eigenvalue weighted by Crippen LogP contribution is -2.29. The summed E-state index contributed by atoms with van der Waals surface area (Å²) in [5.41, 5.74) is 2.95. The van der Waals surface area contributed by atoms with E-state index in [1.807, 2.05) is 18.2 Å². The molecular weight excluding hydrogens is 342 g/mol. The van der Waals surface area contributed by atoms with E-state index in [9.17, 15) is 10.1 Å². The van der Waals surface area contributed by atoms with Crippen LogP contribution < -0.4 is 5.32 Å². The Morgan fingerprint density at radius 2 is 2.21 bits per heavy atom. The minimum atomic E-state index is -0.620. The van der Waals surface area contributed by atoms with Crippen molar-refractivity contribution in [1.29, 1.82) is 5.26 Å². The van der Waals surface area contributed by atoms with Crippen LogP contribution in [0.15, 0.2) is 30.3 Å². The van der Waals surface area contributed by atoms with Crippen LogP contribution in [0.3, 0.4) is 0 Å². The molecule has 24 heavy (non-hydrogen) atoms. The van der Waals surface area contributed by atoms with Crippen molar-refractivity contribution in [2.24, 2.45) is 0 Å². The first kappa shape index (κ1) is 17.0. The molecule has 6 heteroatoms. The highest BCUT2D eigenvalue weighted by atomic mass is 35.5. The van der Waals surface area contributed by atoms with E-state index < -0.39 is 5.38 Å². The lowest BCUT2D eigenvalue weighted by atomic mass is 10.0. The second-order valence-corrected chi connectivity index (χ2v) is 7.63. The highest BCUT2D eigenvalue weighted by Crippen LogP contribution is 2.37. The number of carbonyl (C=O) groups is 1. The predicted molar refractivity (Wildman–Crippen MR) is 97.2 cm³/mol. The van der Waals surface area contributed by atoms with Gasteiger partial charge in [-0.1, -0.05) is 30.3 Å². The number of anilines is 1. The summed E-state index contributed by atoms with van der Waals surface area (Å²) in [6.45, 7) is 4.22. The number of nitrogens with zero attached hydrogens (tertiary/aromatic N) is 2. The first-order valence-electron chi connectivity index (χ1n) is 7.84. The van der Waals surface area contributed by atoms with Crippen LogP contribution in [0.4, 0.5) is 5.00 Å². The van der Waals surface area contributed by atoms with E-state index in [4.69, 9.17) is 11.6 Å². The van der Waals surface area contributed by atoms with Gasteiger partial charge in [0.15, 0.2) is 0 Å². The van der Waals surface area contributed by atoms with Gasteiger partial charge >= 0.3 is 0 Å². The van der Waals surface area contributed by atoms with Crippen molar-refractivity contribution in [2.45, 2.75) is 31.8 Å². The van der Waals surface area contributed by atoms with Crippen molar-refractivity contribution in [2.75, 3.05) is 11.9 Å². The quantitative estimate of drug-likeness (QED) is 0.846. The lowest BCUT2D eigenvalue weighted by molar-refractivity contribution is -0.115. The maximum absolute atomic E-state index is 11.8. The largest absolute Gasteiger partial charge is 0.315 e. The predicted octanol–water partition coefficient (Wildman–Crippen LogP) is 3.74. The molecule has 1 aromatic carbocycles. The van der Waals surface area contributed by atoms with Crippen LogP contribution in [0.2, 0.25) is 0 Å². The van der Waals surface area contributed by atoms with E-state index in [-0.39, 0.29) is 5.91 Å². The third-order valence-corrected chi connectivity index (χ3v) is 5.43. The molecule has 0 radical (unpaired) electrons. The van der Waals surface area contributed by atoms with E-state index in [1.165, 1.54) is 16.9 Å². The average Bonchev–Trinajstić information content (AvgIpc) is 2.91. The zero-order valence-corrected chi connectivity index (χ0v) is 15.0. The zero-order chi connectivity index (χ0) is 17.1. The lowest BCUT2D eigenvalue weighted by Gasteiger charge is -2.26. The summed E-state index contributed by atoms with van der Waals surface area (Å²) in [6.07, 6.45) is 0.827. The van der Waals surface area contributed by atoms with E-state index in [2.05, 4.69) is 28.4 Å². The summed E-state index contributed by atoms with van der Waals surface area (Å²) in [7, 11) is 0. The van der Waals surface area contributed by atoms with Gasteiger partial charge in [0.2, 0.25) is 5.91 Å². The molecule has 4 nitrogen and oxygen atoms in total. The summed E-state index contributed by atoms with van der Waals surface area (Å²) in [5, 5.41) is 12.3. The fourth-order valence-corrected chi connectivity index (χ4v) is 4.15. The van der Waals surface area contributed by atoms with Gasteiger partial charge in [0.05, 0.1) is 5.56 Å². The summed E-state index contributed by atoms with van der Waals surface area (Å²) in [4.78, 5) is 15.4. The van der Waals surface area contributed by atoms with E-state index in [0.717, 1.165) is 36.5 Å². The number of benzene rings is 1. The highest BCUT2D eigenvalue weighted by Gasteiger charge is 2.25. The van der Waals surface area contributed by atoms with Gasteiger partial charge in [-0.15, -0.1) is 22.9 Å². The summed E-state index contributed by atoms with van der Waals surface area (Å²) in [5.74, 6) is -0.270. The molecule has 0 spiro atoms. The topological polar surface area (TPSA) is 56.1 Å². The highest BCUT2D eigenvalue weighted by molar-refractivity contribution is 7.16. The molecule has 0 fully saturated rings. The van der Waals surface area contributed by atoms with E-state index in [1.54, 1.807) is 6.92 Å². The van der Waals surface area contributed by atoms with E-state index in [0.29, 0.717) is 10.6 Å². The maximum atomic E-state index is 11.8. The Hall–Kier alpha value is -1.87. The molecule has 3 rings (SSSR count). The van der Waals surface area contributed by atoms with Gasteiger partial charge in [0.1, 0.15) is 16.4 Å². The third kappa shape index (κ3) is 3.62. The SMILES string of the molecule is C[C@H](Cl)C(=O)Nc1sc2c(c1C#N)CCN(Cc1ccccc1)C2.